The van der Waals surface area contributed by atoms with Gasteiger partial charge in [-0.3, -0.25) is 14.3 Å². The number of hydrogen-bond donors (Lipinski definition) is 1. The van der Waals surface area contributed by atoms with Crippen LogP contribution in [0.25, 0.3) is 17.1 Å². The lowest BCUT2D eigenvalue weighted by atomic mass is 10.2. The molecule has 33 heavy (non-hydrogen) atoms. The number of benzene rings is 2. The number of rotatable bonds is 6. The summed E-state index contributed by atoms with van der Waals surface area (Å²) in [4.78, 5) is 16.4. The molecule has 2 aromatic carbocycles. The van der Waals surface area contributed by atoms with E-state index in [4.69, 9.17) is 11.6 Å². The van der Waals surface area contributed by atoms with E-state index in [0.29, 0.717) is 21.7 Å². The number of hydrogen-bond acceptors (Lipinski definition) is 5. The monoisotopic (exact) mass is 489 g/mol. The standard InChI is InChI=1S/C22H15ClF3N5OS/c23-16-4-2-6-18(12-16)31-20(14-7-9-27-10-8-14)29-30-21(31)33-13-19(32)28-17-5-1-3-15(11-17)22(24,25)26/h1-12H,13H2,(H,28,32). The maximum atomic E-state index is 12.9. The summed E-state index contributed by atoms with van der Waals surface area (Å²) in [5.74, 6) is -0.0449. The molecule has 2 heterocycles. The van der Waals surface area contributed by atoms with Crippen LogP contribution in [-0.4, -0.2) is 31.4 Å². The van der Waals surface area contributed by atoms with Gasteiger partial charge in [0.1, 0.15) is 0 Å². The summed E-state index contributed by atoms with van der Waals surface area (Å²) >= 11 is 7.26. The molecule has 4 aromatic rings. The highest BCUT2D eigenvalue weighted by atomic mass is 35.5. The fourth-order valence-electron chi connectivity index (χ4n) is 3.00. The van der Waals surface area contributed by atoms with Crippen molar-refractivity contribution in [3.05, 3.63) is 83.6 Å². The zero-order valence-electron chi connectivity index (χ0n) is 16.8. The number of pyridine rings is 1. The van der Waals surface area contributed by atoms with E-state index >= 15 is 0 Å². The number of carbonyl (C=O) groups is 1. The van der Waals surface area contributed by atoms with Crippen molar-refractivity contribution in [1.82, 2.24) is 19.7 Å². The molecule has 0 aliphatic carbocycles. The fourth-order valence-corrected chi connectivity index (χ4v) is 3.94. The van der Waals surface area contributed by atoms with Gasteiger partial charge in [0.25, 0.3) is 0 Å². The van der Waals surface area contributed by atoms with Crippen LogP contribution in [0.15, 0.2) is 78.2 Å². The van der Waals surface area contributed by atoms with E-state index in [1.165, 1.54) is 12.1 Å². The Bertz CT molecular complexity index is 1280. The molecular formula is C22H15ClF3N5OS. The van der Waals surface area contributed by atoms with Gasteiger partial charge in [-0.15, -0.1) is 10.2 Å². The van der Waals surface area contributed by atoms with Crippen LogP contribution in [0, 0.1) is 0 Å². The molecule has 0 fully saturated rings. The molecule has 0 aliphatic heterocycles. The minimum absolute atomic E-state index is 0.0595. The van der Waals surface area contributed by atoms with Gasteiger partial charge < -0.3 is 5.32 Å². The summed E-state index contributed by atoms with van der Waals surface area (Å²) in [6, 6.07) is 15.1. The number of anilines is 1. The second kappa shape index (κ2) is 9.63. The average Bonchev–Trinajstić information content (AvgIpc) is 3.22. The molecule has 6 nitrogen and oxygen atoms in total. The first-order valence-corrected chi connectivity index (χ1v) is 10.9. The first-order chi connectivity index (χ1) is 15.8. The van der Waals surface area contributed by atoms with Gasteiger partial charge in [0.05, 0.1) is 17.0 Å². The Balaban J connectivity index is 1.56. The van der Waals surface area contributed by atoms with Crippen molar-refractivity contribution < 1.29 is 18.0 Å². The van der Waals surface area contributed by atoms with Crippen LogP contribution in [0.2, 0.25) is 5.02 Å². The van der Waals surface area contributed by atoms with Gasteiger partial charge in [0.15, 0.2) is 11.0 Å². The molecule has 0 spiro atoms. The second-order valence-corrected chi connectivity index (χ2v) is 8.15. The maximum Gasteiger partial charge on any atom is 0.416 e. The van der Waals surface area contributed by atoms with Crippen molar-refractivity contribution in [2.24, 2.45) is 0 Å². The van der Waals surface area contributed by atoms with Gasteiger partial charge in [-0.25, -0.2) is 0 Å². The van der Waals surface area contributed by atoms with Gasteiger partial charge in [-0.1, -0.05) is 35.5 Å². The summed E-state index contributed by atoms with van der Waals surface area (Å²) in [5.41, 5.74) is 0.678. The fraction of sp³-hybridized carbons (Fsp3) is 0.0909. The summed E-state index contributed by atoms with van der Waals surface area (Å²) in [5, 5.41) is 11.9. The molecule has 0 aliphatic rings. The van der Waals surface area contributed by atoms with E-state index in [0.717, 1.165) is 29.5 Å². The Kier molecular flexibility index (Phi) is 6.66. The van der Waals surface area contributed by atoms with Crippen LogP contribution in [0.1, 0.15) is 5.56 Å². The third-order valence-electron chi connectivity index (χ3n) is 4.44. The highest BCUT2D eigenvalue weighted by molar-refractivity contribution is 7.99. The number of alkyl halides is 3. The Morgan fingerprint density at radius 1 is 1.03 bits per heavy atom. The van der Waals surface area contributed by atoms with Crippen LogP contribution < -0.4 is 5.32 Å². The second-order valence-electron chi connectivity index (χ2n) is 6.77. The minimum Gasteiger partial charge on any atom is -0.325 e. The van der Waals surface area contributed by atoms with Gasteiger partial charge in [0.2, 0.25) is 5.91 Å². The van der Waals surface area contributed by atoms with Crippen molar-refractivity contribution >= 4 is 35.0 Å². The molecule has 0 radical (unpaired) electrons. The summed E-state index contributed by atoms with van der Waals surface area (Å²) in [6.45, 7) is 0. The largest absolute Gasteiger partial charge is 0.416 e. The van der Waals surface area contributed by atoms with Crippen LogP contribution in [-0.2, 0) is 11.0 Å². The molecule has 0 saturated carbocycles. The molecule has 168 valence electrons. The molecule has 1 amide bonds. The SMILES string of the molecule is O=C(CSc1nnc(-c2ccncc2)n1-c1cccc(Cl)c1)Nc1cccc(C(F)(F)F)c1. The lowest BCUT2D eigenvalue weighted by Gasteiger charge is -2.11. The minimum atomic E-state index is -4.49. The zero-order chi connectivity index (χ0) is 23.4. The highest BCUT2D eigenvalue weighted by Crippen LogP contribution is 2.31. The van der Waals surface area contributed by atoms with Crippen molar-refractivity contribution in [2.75, 3.05) is 11.1 Å². The number of nitrogens with one attached hydrogen (secondary N) is 1. The Morgan fingerprint density at radius 3 is 2.52 bits per heavy atom. The van der Waals surface area contributed by atoms with Crippen LogP contribution >= 0.6 is 23.4 Å². The quantitative estimate of drug-likeness (QED) is 0.350. The molecule has 0 unspecified atom stereocenters. The van der Waals surface area contributed by atoms with Gasteiger partial charge in [-0.05, 0) is 48.5 Å². The number of thioether (sulfide) groups is 1. The molecule has 11 heteroatoms. The summed E-state index contributed by atoms with van der Waals surface area (Å²) in [7, 11) is 0. The third-order valence-corrected chi connectivity index (χ3v) is 5.61. The third kappa shape index (κ3) is 5.52. The van der Waals surface area contributed by atoms with Gasteiger partial charge >= 0.3 is 6.18 Å². The number of amides is 1. The van der Waals surface area contributed by atoms with Crippen LogP contribution in [0.3, 0.4) is 0 Å². The van der Waals surface area contributed by atoms with E-state index in [9.17, 15) is 18.0 Å². The smallest absolute Gasteiger partial charge is 0.325 e. The predicted molar refractivity (Wildman–Crippen MR) is 120 cm³/mol. The Labute approximate surface area is 195 Å². The maximum absolute atomic E-state index is 12.9. The van der Waals surface area contributed by atoms with Gasteiger partial charge in [0, 0.05) is 28.7 Å². The van der Waals surface area contributed by atoms with Crippen molar-refractivity contribution in [2.45, 2.75) is 11.3 Å². The van der Waals surface area contributed by atoms with E-state index in [2.05, 4.69) is 20.5 Å². The van der Waals surface area contributed by atoms with E-state index in [-0.39, 0.29) is 11.4 Å². The van der Waals surface area contributed by atoms with Crippen molar-refractivity contribution in [1.29, 1.82) is 0 Å². The number of aromatic nitrogens is 4. The highest BCUT2D eigenvalue weighted by Gasteiger charge is 2.30. The molecule has 0 saturated heterocycles. The summed E-state index contributed by atoms with van der Waals surface area (Å²) < 4.78 is 40.5. The van der Waals surface area contributed by atoms with E-state index in [1.807, 2.05) is 6.07 Å². The van der Waals surface area contributed by atoms with Crippen molar-refractivity contribution in [3.63, 3.8) is 0 Å². The molecule has 0 bridgehead atoms. The summed E-state index contributed by atoms with van der Waals surface area (Å²) in [6.07, 6.45) is -1.24. The lowest BCUT2D eigenvalue weighted by Crippen LogP contribution is -2.15. The average molecular weight is 490 g/mol. The molecule has 2 aromatic heterocycles. The molecule has 4 rings (SSSR count). The van der Waals surface area contributed by atoms with Gasteiger partial charge in [-0.2, -0.15) is 13.2 Å². The molecule has 1 N–H and O–H groups in total. The number of nitrogens with zero attached hydrogens (tertiary/aromatic N) is 4. The molecule has 0 atom stereocenters. The van der Waals surface area contributed by atoms with Crippen molar-refractivity contribution in [3.8, 4) is 17.1 Å². The first kappa shape index (κ1) is 22.8. The number of carbonyl (C=O) groups excluding carboxylic acids is 1. The molecular weight excluding hydrogens is 475 g/mol. The topological polar surface area (TPSA) is 72.7 Å². The predicted octanol–water partition coefficient (Wildman–Crippen LogP) is 5.73. The number of halogens is 4. The Morgan fingerprint density at radius 2 is 1.79 bits per heavy atom. The normalized spacial score (nSPS) is 11.4. The van der Waals surface area contributed by atoms with E-state index < -0.39 is 17.6 Å². The van der Waals surface area contributed by atoms with Crippen LogP contribution in [0.5, 0.6) is 0 Å². The zero-order valence-corrected chi connectivity index (χ0v) is 18.3. The van der Waals surface area contributed by atoms with Crippen LogP contribution in [0.4, 0.5) is 18.9 Å². The first-order valence-electron chi connectivity index (χ1n) is 9.53. The lowest BCUT2D eigenvalue weighted by molar-refractivity contribution is -0.137. The van der Waals surface area contributed by atoms with E-state index in [1.54, 1.807) is 47.3 Å². The Hall–Kier alpha value is -3.37.